The van der Waals surface area contributed by atoms with E-state index in [0.717, 1.165) is 18.8 Å². The number of nitrogens with two attached hydrogens (primary N) is 1. The molecule has 1 aliphatic rings. The van der Waals surface area contributed by atoms with Gasteiger partial charge < -0.3 is 10.6 Å². The zero-order chi connectivity index (χ0) is 13.1. The number of nitrogens with zero attached hydrogens (tertiary/aromatic N) is 2. The zero-order valence-electron chi connectivity index (χ0n) is 11.7. The van der Waals surface area contributed by atoms with Crippen LogP contribution in [0.25, 0.3) is 0 Å². The average molecular weight is 267 g/mol. The topological polar surface area (TPSA) is 42.1 Å². The Labute approximate surface area is 114 Å². The van der Waals surface area contributed by atoms with Crippen LogP contribution >= 0.6 is 11.3 Å². The summed E-state index contributed by atoms with van der Waals surface area (Å²) < 4.78 is 0. The Balaban J connectivity index is 1.85. The van der Waals surface area contributed by atoms with Crippen LogP contribution in [0.2, 0.25) is 0 Å². The van der Waals surface area contributed by atoms with Crippen LogP contribution in [0.5, 0.6) is 0 Å². The average Bonchev–Trinajstić information content (AvgIpc) is 2.88. The molecule has 102 valence electrons. The molecule has 2 rings (SSSR count). The fourth-order valence-corrected chi connectivity index (χ4v) is 3.53. The Kier molecular flexibility index (Phi) is 4.76. The van der Waals surface area contributed by atoms with Gasteiger partial charge >= 0.3 is 0 Å². The molecule has 0 saturated carbocycles. The molecule has 1 aromatic heterocycles. The summed E-state index contributed by atoms with van der Waals surface area (Å²) >= 11 is 1.80. The van der Waals surface area contributed by atoms with Crippen LogP contribution in [0.3, 0.4) is 0 Å². The summed E-state index contributed by atoms with van der Waals surface area (Å²) in [5.74, 6) is 0.793. The van der Waals surface area contributed by atoms with Crippen molar-refractivity contribution in [2.75, 3.05) is 13.1 Å². The van der Waals surface area contributed by atoms with Crippen molar-refractivity contribution in [2.24, 2.45) is 11.7 Å². The fraction of sp³-hybridized carbons (Fsp3) is 0.786. The van der Waals surface area contributed by atoms with Gasteiger partial charge in [-0.05, 0) is 39.7 Å². The minimum Gasteiger partial charge on any atom is -0.328 e. The molecule has 1 aromatic rings. The fourth-order valence-electron chi connectivity index (χ4n) is 2.61. The van der Waals surface area contributed by atoms with Crippen molar-refractivity contribution in [1.29, 1.82) is 0 Å². The van der Waals surface area contributed by atoms with E-state index in [9.17, 15) is 0 Å². The predicted molar refractivity (Wildman–Crippen MR) is 78.0 cm³/mol. The lowest BCUT2D eigenvalue weighted by atomic mass is 10.1. The van der Waals surface area contributed by atoms with Crippen molar-refractivity contribution in [3.05, 3.63) is 16.1 Å². The highest BCUT2D eigenvalue weighted by molar-refractivity contribution is 7.09. The number of thiazole rings is 1. The zero-order valence-corrected chi connectivity index (χ0v) is 12.5. The molecule has 0 amide bonds. The summed E-state index contributed by atoms with van der Waals surface area (Å²) in [5.41, 5.74) is 6.98. The summed E-state index contributed by atoms with van der Waals surface area (Å²) in [6.45, 7) is 9.09. The second kappa shape index (κ2) is 6.13. The van der Waals surface area contributed by atoms with E-state index in [2.05, 4.69) is 24.1 Å². The molecule has 0 spiro atoms. The largest absolute Gasteiger partial charge is 0.328 e. The van der Waals surface area contributed by atoms with Gasteiger partial charge in [0.25, 0.3) is 0 Å². The lowest BCUT2D eigenvalue weighted by Gasteiger charge is -2.19. The molecular weight excluding hydrogens is 242 g/mol. The first kappa shape index (κ1) is 14.0. The molecular formula is C14H25N3S. The van der Waals surface area contributed by atoms with Gasteiger partial charge in [-0.1, -0.05) is 0 Å². The van der Waals surface area contributed by atoms with Gasteiger partial charge in [-0.15, -0.1) is 11.3 Å². The number of aromatic nitrogens is 1. The highest BCUT2D eigenvalue weighted by Crippen LogP contribution is 2.24. The van der Waals surface area contributed by atoms with Crippen LogP contribution in [0, 0.1) is 5.92 Å². The molecule has 3 nitrogen and oxygen atoms in total. The van der Waals surface area contributed by atoms with Crippen molar-refractivity contribution in [2.45, 2.75) is 52.1 Å². The highest BCUT2D eigenvalue weighted by Gasteiger charge is 2.25. The molecule has 1 aliphatic heterocycles. The van der Waals surface area contributed by atoms with E-state index in [1.54, 1.807) is 11.3 Å². The van der Waals surface area contributed by atoms with Gasteiger partial charge in [0.1, 0.15) is 0 Å². The van der Waals surface area contributed by atoms with Crippen LogP contribution in [0.15, 0.2) is 5.38 Å². The third kappa shape index (κ3) is 3.77. The second-order valence-electron chi connectivity index (χ2n) is 5.86. The number of likely N-dealkylation sites (tertiary alicyclic amines) is 1. The Hall–Kier alpha value is -0.450. The molecule has 18 heavy (non-hydrogen) atoms. The van der Waals surface area contributed by atoms with E-state index in [1.807, 2.05) is 6.92 Å². The van der Waals surface area contributed by atoms with Gasteiger partial charge in [-0.25, -0.2) is 4.98 Å². The van der Waals surface area contributed by atoms with Crippen LogP contribution in [0.1, 0.15) is 37.9 Å². The first-order chi connectivity index (χ1) is 8.54. The maximum atomic E-state index is 5.81. The first-order valence-corrected chi connectivity index (χ1v) is 7.85. The van der Waals surface area contributed by atoms with E-state index in [0.29, 0.717) is 6.04 Å². The first-order valence-electron chi connectivity index (χ1n) is 6.97. The molecule has 2 heterocycles. The molecule has 4 heteroatoms. The van der Waals surface area contributed by atoms with Gasteiger partial charge in [0, 0.05) is 36.9 Å². The highest BCUT2D eigenvalue weighted by atomic mass is 32.1. The molecule has 2 atom stereocenters. The van der Waals surface area contributed by atoms with Crippen LogP contribution < -0.4 is 5.73 Å². The van der Waals surface area contributed by atoms with E-state index >= 15 is 0 Å². The van der Waals surface area contributed by atoms with E-state index < -0.39 is 0 Å². The van der Waals surface area contributed by atoms with E-state index in [4.69, 9.17) is 10.7 Å². The second-order valence-corrected chi connectivity index (χ2v) is 6.80. The normalized spacial score (nSPS) is 22.8. The Morgan fingerprint density at radius 3 is 2.89 bits per heavy atom. The number of rotatable bonds is 5. The van der Waals surface area contributed by atoms with Crippen molar-refractivity contribution in [3.8, 4) is 0 Å². The molecule has 2 N–H and O–H groups in total. The summed E-state index contributed by atoms with van der Waals surface area (Å²) in [4.78, 5) is 7.27. The van der Waals surface area contributed by atoms with Gasteiger partial charge in [0.15, 0.2) is 0 Å². The standard InChI is InChI=1S/C14H25N3S/c1-10(2)17-5-4-12(8-17)7-14-16-13(9-18-14)6-11(3)15/h9-12H,4-8,15H2,1-3H3. The molecule has 0 aromatic carbocycles. The monoisotopic (exact) mass is 267 g/mol. The maximum Gasteiger partial charge on any atom is 0.0931 e. The lowest BCUT2D eigenvalue weighted by Crippen LogP contribution is -2.28. The SMILES string of the molecule is CC(N)Cc1csc(CC2CCN(C(C)C)C2)n1. The van der Waals surface area contributed by atoms with Crippen LogP contribution in [-0.2, 0) is 12.8 Å². The molecule has 0 aliphatic carbocycles. The van der Waals surface area contributed by atoms with Crippen molar-refractivity contribution >= 4 is 11.3 Å². The summed E-state index contributed by atoms with van der Waals surface area (Å²) in [7, 11) is 0. The van der Waals surface area contributed by atoms with Gasteiger partial charge in [-0.2, -0.15) is 0 Å². The summed E-state index contributed by atoms with van der Waals surface area (Å²) in [6.07, 6.45) is 3.37. The molecule has 1 saturated heterocycles. The van der Waals surface area contributed by atoms with Crippen molar-refractivity contribution in [3.63, 3.8) is 0 Å². The summed E-state index contributed by atoms with van der Waals surface area (Å²) in [6, 6.07) is 0.891. The van der Waals surface area contributed by atoms with E-state index in [1.165, 1.54) is 30.2 Å². The third-order valence-electron chi connectivity index (χ3n) is 3.64. The van der Waals surface area contributed by atoms with Crippen LogP contribution in [-0.4, -0.2) is 35.1 Å². The minimum atomic E-state index is 0.211. The van der Waals surface area contributed by atoms with Crippen LogP contribution in [0.4, 0.5) is 0 Å². The molecule has 0 radical (unpaired) electrons. The Bertz CT molecular complexity index is 373. The minimum absolute atomic E-state index is 0.211. The third-order valence-corrected chi connectivity index (χ3v) is 4.56. The Morgan fingerprint density at radius 1 is 1.50 bits per heavy atom. The molecule has 1 fully saturated rings. The van der Waals surface area contributed by atoms with Crippen molar-refractivity contribution < 1.29 is 0 Å². The quantitative estimate of drug-likeness (QED) is 0.890. The smallest absolute Gasteiger partial charge is 0.0931 e. The van der Waals surface area contributed by atoms with Gasteiger partial charge in [0.05, 0.1) is 10.7 Å². The van der Waals surface area contributed by atoms with Gasteiger partial charge in [-0.3, -0.25) is 0 Å². The molecule has 2 unspecified atom stereocenters. The Morgan fingerprint density at radius 2 is 2.28 bits per heavy atom. The summed E-state index contributed by atoms with van der Waals surface area (Å²) in [5, 5.41) is 3.47. The van der Waals surface area contributed by atoms with Gasteiger partial charge in [0.2, 0.25) is 0 Å². The molecule has 0 bridgehead atoms. The number of hydrogen-bond acceptors (Lipinski definition) is 4. The predicted octanol–water partition coefficient (Wildman–Crippen LogP) is 2.31. The van der Waals surface area contributed by atoms with E-state index in [-0.39, 0.29) is 6.04 Å². The maximum absolute atomic E-state index is 5.81. The number of hydrogen-bond donors (Lipinski definition) is 1. The lowest BCUT2D eigenvalue weighted by molar-refractivity contribution is 0.265. The van der Waals surface area contributed by atoms with Crippen molar-refractivity contribution in [1.82, 2.24) is 9.88 Å².